The van der Waals surface area contributed by atoms with Crippen molar-refractivity contribution in [1.82, 2.24) is 5.32 Å². The minimum Gasteiger partial charge on any atom is -0.496 e. The van der Waals surface area contributed by atoms with E-state index in [1.165, 1.54) is 6.07 Å². The van der Waals surface area contributed by atoms with E-state index in [9.17, 15) is 4.39 Å². The molecule has 0 bridgehead atoms. The van der Waals surface area contributed by atoms with Crippen LogP contribution in [0.1, 0.15) is 38.3 Å². The second-order valence-electron chi connectivity index (χ2n) is 4.42. The standard InChI is InChI=1S/C14H22FNO/c1-5-6-10(2)14(16-3)12-9-11(15)7-8-13(12)17-4/h7-10,14,16H,5-6H2,1-4H3. The number of hydrogen-bond acceptors (Lipinski definition) is 2. The number of ether oxygens (including phenoxy) is 1. The molecule has 1 rings (SSSR count). The van der Waals surface area contributed by atoms with Crippen LogP contribution < -0.4 is 10.1 Å². The van der Waals surface area contributed by atoms with E-state index in [1.54, 1.807) is 19.2 Å². The molecule has 0 aliphatic carbocycles. The van der Waals surface area contributed by atoms with Gasteiger partial charge in [0.05, 0.1) is 7.11 Å². The van der Waals surface area contributed by atoms with Crippen LogP contribution in [0, 0.1) is 11.7 Å². The average Bonchev–Trinajstić information content (AvgIpc) is 2.31. The number of hydrogen-bond donors (Lipinski definition) is 1. The van der Waals surface area contributed by atoms with Gasteiger partial charge in [0.1, 0.15) is 11.6 Å². The van der Waals surface area contributed by atoms with Crippen LogP contribution in [0.4, 0.5) is 4.39 Å². The Kier molecular flexibility index (Phi) is 5.42. The molecular weight excluding hydrogens is 217 g/mol. The van der Waals surface area contributed by atoms with Crippen molar-refractivity contribution in [2.75, 3.05) is 14.2 Å². The van der Waals surface area contributed by atoms with E-state index in [0.717, 1.165) is 24.2 Å². The predicted octanol–water partition coefficient (Wildman–Crippen LogP) is 3.53. The highest BCUT2D eigenvalue weighted by atomic mass is 19.1. The van der Waals surface area contributed by atoms with E-state index in [0.29, 0.717) is 5.92 Å². The lowest BCUT2D eigenvalue weighted by Crippen LogP contribution is -2.24. The Balaban J connectivity index is 3.05. The molecule has 2 nitrogen and oxygen atoms in total. The minimum atomic E-state index is -0.218. The third kappa shape index (κ3) is 3.43. The van der Waals surface area contributed by atoms with Crippen molar-refractivity contribution < 1.29 is 9.13 Å². The van der Waals surface area contributed by atoms with Crippen molar-refractivity contribution in [2.24, 2.45) is 5.92 Å². The zero-order valence-corrected chi connectivity index (χ0v) is 11.1. The van der Waals surface area contributed by atoms with Crippen LogP contribution in [0.3, 0.4) is 0 Å². The van der Waals surface area contributed by atoms with Crippen molar-refractivity contribution in [3.63, 3.8) is 0 Å². The molecule has 17 heavy (non-hydrogen) atoms. The van der Waals surface area contributed by atoms with E-state index in [4.69, 9.17) is 4.74 Å². The molecule has 0 aliphatic heterocycles. The monoisotopic (exact) mass is 239 g/mol. The molecular formula is C14H22FNO. The van der Waals surface area contributed by atoms with Crippen molar-refractivity contribution in [3.05, 3.63) is 29.6 Å². The zero-order valence-electron chi connectivity index (χ0n) is 11.1. The van der Waals surface area contributed by atoms with Gasteiger partial charge in [0.15, 0.2) is 0 Å². The maximum Gasteiger partial charge on any atom is 0.123 e. The first kappa shape index (κ1) is 14.0. The van der Waals surface area contributed by atoms with Crippen LogP contribution in [0.15, 0.2) is 18.2 Å². The fraction of sp³-hybridized carbons (Fsp3) is 0.571. The SMILES string of the molecule is CCCC(C)C(NC)c1cc(F)ccc1OC. The highest BCUT2D eigenvalue weighted by Crippen LogP contribution is 2.32. The second-order valence-corrected chi connectivity index (χ2v) is 4.42. The maximum absolute atomic E-state index is 13.3. The van der Waals surface area contributed by atoms with E-state index in [2.05, 4.69) is 19.2 Å². The van der Waals surface area contributed by atoms with Crippen LogP contribution in [-0.4, -0.2) is 14.2 Å². The molecule has 3 heteroatoms. The summed E-state index contributed by atoms with van der Waals surface area (Å²) in [4.78, 5) is 0. The molecule has 0 fully saturated rings. The van der Waals surface area contributed by atoms with Crippen LogP contribution >= 0.6 is 0 Å². The minimum absolute atomic E-state index is 0.126. The fourth-order valence-electron chi connectivity index (χ4n) is 2.32. The van der Waals surface area contributed by atoms with Gasteiger partial charge in [-0.05, 0) is 37.6 Å². The molecule has 1 aromatic rings. The van der Waals surface area contributed by atoms with Gasteiger partial charge < -0.3 is 10.1 Å². The van der Waals surface area contributed by atoms with Gasteiger partial charge in [-0.15, -0.1) is 0 Å². The highest BCUT2D eigenvalue weighted by Gasteiger charge is 2.20. The number of rotatable bonds is 6. The Hall–Kier alpha value is -1.09. The third-order valence-corrected chi connectivity index (χ3v) is 3.15. The Morgan fingerprint density at radius 3 is 2.65 bits per heavy atom. The van der Waals surface area contributed by atoms with E-state index in [1.807, 2.05) is 7.05 Å². The first-order chi connectivity index (χ1) is 8.13. The summed E-state index contributed by atoms with van der Waals surface area (Å²) in [6.07, 6.45) is 2.22. The van der Waals surface area contributed by atoms with Gasteiger partial charge >= 0.3 is 0 Å². The Bertz CT molecular complexity index is 354. The summed E-state index contributed by atoms with van der Waals surface area (Å²) in [6, 6.07) is 4.81. The number of methoxy groups -OCH3 is 1. The molecule has 1 aromatic carbocycles. The van der Waals surface area contributed by atoms with Crippen molar-refractivity contribution in [3.8, 4) is 5.75 Å². The summed E-state index contributed by atoms with van der Waals surface area (Å²) in [7, 11) is 3.52. The number of nitrogens with one attached hydrogen (secondary N) is 1. The lowest BCUT2D eigenvalue weighted by molar-refractivity contribution is 0.354. The Labute approximate surface area is 103 Å². The molecule has 1 N–H and O–H groups in total. The summed E-state index contributed by atoms with van der Waals surface area (Å²) in [5, 5.41) is 3.26. The molecule has 2 unspecified atom stereocenters. The predicted molar refractivity (Wildman–Crippen MR) is 68.8 cm³/mol. The number of benzene rings is 1. The second kappa shape index (κ2) is 6.60. The molecule has 0 amide bonds. The van der Waals surface area contributed by atoms with Crippen molar-refractivity contribution in [2.45, 2.75) is 32.7 Å². The van der Waals surface area contributed by atoms with Crippen LogP contribution in [0.5, 0.6) is 5.75 Å². The van der Waals surface area contributed by atoms with E-state index < -0.39 is 0 Å². The molecule has 0 spiro atoms. The average molecular weight is 239 g/mol. The molecule has 0 saturated heterocycles. The lowest BCUT2D eigenvalue weighted by Gasteiger charge is -2.25. The largest absolute Gasteiger partial charge is 0.496 e. The smallest absolute Gasteiger partial charge is 0.123 e. The van der Waals surface area contributed by atoms with Gasteiger partial charge in [-0.3, -0.25) is 0 Å². The van der Waals surface area contributed by atoms with Gasteiger partial charge in [-0.2, -0.15) is 0 Å². The van der Waals surface area contributed by atoms with Gasteiger partial charge in [-0.1, -0.05) is 20.3 Å². The summed E-state index contributed by atoms with van der Waals surface area (Å²) < 4.78 is 18.7. The highest BCUT2D eigenvalue weighted by molar-refractivity contribution is 5.36. The molecule has 0 heterocycles. The van der Waals surface area contributed by atoms with Gasteiger partial charge in [0, 0.05) is 11.6 Å². The van der Waals surface area contributed by atoms with Crippen molar-refractivity contribution in [1.29, 1.82) is 0 Å². The van der Waals surface area contributed by atoms with Gasteiger partial charge in [0.25, 0.3) is 0 Å². The Morgan fingerprint density at radius 1 is 1.41 bits per heavy atom. The fourth-order valence-corrected chi connectivity index (χ4v) is 2.32. The van der Waals surface area contributed by atoms with E-state index >= 15 is 0 Å². The molecule has 2 atom stereocenters. The quantitative estimate of drug-likeness (QED) is 0.820. The summed E-state index contributed by atoms with van der Waals surface area (Å²) in [5.41, 5.74) is 0.899. The molecule has 0 aliphatic rings. The van der Waals surface area contributed by atoms with Crippen LogP contribution in [0.2, 0.25) is 0 Å². The van der Waals surface area contributed by atoms with Gasteiger partial charge in [-0.25, -0.2) is 4.39 Å². The maximum atomic E-state index is 13.3. The molecule has 0 aromatic heterocycles. The number of halogens is 1. The topological polar surface area (TPSA) is 21.3 Å². The zero-order chi connectivity index (χ0) is 12.8. The Morgan fingerprint density at radius 2 is 2.12 bits per heavy atom. The van der Waals surface area contributed by atoms with Crippen LogP contribution in [0.25, 0.3) is 0 Å². The lowest BCUT2D eigenvalue weighted by atomic mass is 9.90. The third-order valence-electron chi connectivity index (χ3n) is 3.15. The summed E-state index contributed by atoms with van der Waals surface area (Å²) in [5.74, 6) is 0.971. The molecule has 0 radical (unpaired) electrons. The summed E-state index contributed by atoms with van der Waals surface area (Å²) in [6.45, 7) is 4.33. The van der Waals surface area contributed by atoms with Gasteiger partial charge in [0.2, 0.25) is 0 Å². The molecule has 96 valence electrons. The van der Waals surface area contributed by atoms with Crippen LogP contribution in [-0.2, 0) is 0 Å². The normalized spacial score (nSPS) is 14.4. The first-order valence-corrected chi connectivity index (χ1v) is 6.14. The van der Waals surface area contributed by atoms with E-state index in [-0.39, 0.29) is 11.9 Å². The first-order valence-electron chi connectivity index (χ1n) is 6.14. The van der Waals surface area contributed by atoms with Crippen molar-refractivity contribution >= 4 is 0 Å². The molecule has 0 saturated carbocycles. The summed E-state index contributed by atoms with van der Waals surface area (Å²) >= 11 is 0.